The number of anilines is 1. The Balaban J connectivity index is 2.02. The highest BCUT2D eigenvalue weighted by Crippen LogP contribution is 2.33. The van der Waals surface area contributed by atoms with Crippen molar-refractivity contribution in [2.45, 2.75) is 39.3 Å². The lowest BCUT2D eigenvalue weighted by atomic mass is 9.82. The number of benzene rings is 1. The van der Waals surface area contributed by atoms with Gasteiger partial charge in [-0.2, -0.15) is 0 Å². The normalized spacial score (nSPS) is 21.4. The molecule has 0 heterocycles. The third kappa shape index (κ3) is 4.60. The van der Waals surface area contributed by atoms with Crippen molar-refractivity contribution in [1.82, 2.24) is 5.32 Å². The summed E-state index contributed by atoms with van der Waals surface area (Å²) < 4.78 is 0. The number of aliphatic hydroxyl groups excluding tert-OH is 1. The first kappa shape index (κ1) is 16.6. The Kier molecular flexibility index (Phi) is 5.91. The molecular weight excluding hydrogens is 284 g/mol. The third-order valence-electron chi connectivity index (χ3n) is 4.06. The van der Waals surface area contributed by atoms with Crippen LogP contribution in [0.5, 0.6) is 0 Å². The number of nitrogens with one attached hydrogen (secondary N) is 1. The van der Waals surface area contributed by atoms with Crippen molar-refractivity contribution >= 4 is 17.3 Å². The van der Waals surface area contributed by atoms with Gasteiger partial charge in [0.25, 0.3) is 0 Å². The lowest BCUT2D eigenvalue weighted by Gasteiger charge is -2.36. The third-order valence-corrected chi connectivity index (χ3v) is 4.37. The molecule has 1 aliphatic rings. The van der Waals surface area contributed by atoms with Crippen LogP contribution in [0.3, 0.4) is 0 Å². The van der Waals surface area contributed by atoms with Gasteiger partial charge in [-0.15, -0.1) is 0 Å². The second-order valence-corrected chi connectivity index (χ2v) is 7.05. The van der Waals surface area contributed by atoms with Crippen LogP contribution in [0.15, 0.2) is 18.2 Å². The Morgan fingerprint density at radius 2 is 2.10 bits per heavy atom. The van der Waals surface area contributed by atoms with Gasteiger partial charge in [0, 0.05) is 20.1 Å². The van der Waals surface area contributed by atoms with Crippen LogP contribution in [-0.4, -0.2) is 31.3 Å². The van der Waals surface area contributed by atoms with Crippen molar-refractivity contribution in [2.24, 2.45) is 11.8 Å². The Labute approximate surface area is 133 Å². The van der Waals surface area contributed by atoms with Crippen molar-refractivity contribution in [3.8, 4) is 0 Å². The summed E-state index contributed by atoms with van der Waals surface area (Å²) in [6.07, 6.45) is 1.73. The predicted molar refractivity (Wildman–Crippen MR) is 90.0 cm³/mol. The standard InChI is InChI=1S/C17H27ClN2O/c1-12(2)9-19-10-14-5-4-6-16(18)17(14)20(3)11-13-7-15(21)8-13/h4-6,12-13,15,19,21H,7-11H2,1-3H3. The fraction of sp³-hybridized carbons (Fsp3) is 0.647. The first-order valence-corrected chi connectivity index (χ1v) is 8.22. The maximum atomic E-state index is 9.42. The molecule has 0 saturated heterocycles. The van der Waals surface area contributed by atoms with E-state index in [9.17, 15) is 5.11 Å². The van der Waals surface area contributed by atoms with Gasteiger partial charge in [-0.3, -0.25) is 0 Å². The summed E-state index contributed by atoms with van der Waals surface area (Å²) >= 11 is 6.42. The van der Waals surface area contributed by atoms with Crippen LogP contribution in [0.25, 0.3) is 0 Å². The van der Waals surface area contributed by atoms with E-state index in [1.54, 1.807) is 0 Å². The fourth-order valence-electron chi connectivity index (χ4n) is 2.95. The van der Waals surface area contributed by atoms with Gasteiger partial charge < -0.3 is 15.3 Å². The molecule has 1 aromatic rings. The molecule has 0 amide bonds. The lowest BCUT2D eigenvalue weighted by Crippen LogP contribution is -2.37. The minimum Gasteiger partial charge on any atom is -0.393 e. The molecule has 1 saturated carbocycles. The molecule has 1 fully saturated rings. The van der Waals surface area contributed by atoms with Crippen LogP contribution in [0.4, 0.5) is 5.69 Å². The summed E-state index contributed by atoms with van der Waals surface area (Å²) in [4.78, 5) is 2.24. The summed E-state index contributed by atoms with van der Waals surface area (Å²) in [5.41, 5.74) is 2.36. The zero-order valence-corrected chi connectivity index (χ0v) is 14.0. The summed E-state index contributed by atoms with van der Waals surface area (Å²) in [7, 11) is 2.10. The maximum absolute atomic E-state index is 9.42. The van der Waals surface area contributed by atoms with E-state index in [1.807, 2.05) is 12.1 Å². The zero-order chi connectivity index (χ0) is 15.4. The molecule has 2 N–H and O–H groups in total. The molecule has 0 spiro atoms. The number of hydrogen-bond acceptors (Lipinski definition) is 3. The molecule has 1 aliphatic carbocycles. The molecule has 0 unspecified atom stereocenters. The summed E-state index contributed by atoms with van der Waals surface area (Å²) in [5.74, 6) is 1.22. The maximum Gasteiger partial charge on any atom is 0.0642 e. The van der Waals surface area contributed by atoms with Crippen LogP contribution >= 0.6 is 11.6 Å². The van der Waals surface area contributed by atoms with Gasteiger partial charge in [-0.05, 0) is 42.9 Å². The Morgan fingerprint density at radius 1 is 1.38 bits per heavy atom. The van der Waals surface area contributed by atoms with Crippen molar-refractivity contribution in [1.29, 1.82) is 0 Å². The molecule has 0 atom stereocenters. The van der Waals surface area contributed by atoms with Crippen molar-refractivity contribution in [3.05, 3.63) is 28.8 Å². The van der Waals surface area contributed by atoms with E-state index in [-0.39, 0.29) is 6.10 Å². The lowest BCUT2D eigenvalue weighted by molar-refractivity contribution is 0.0465. The van der Waals surface area contributed by atoms with Gasteiger partial charge in [-0.25, -0.2) is 0 Å². The topological polar surface area (TPSA) is 35.5 Å². The molecule has 0 aliphatic heterocycles. The van der Waals surface area contributed by atoms with E-state index in [2.05, 4.69) is 37.2 Å². The summed E-state index contributed by atoms with van der Waals surface area (Å²) in [5, 5.41) is 13.7. The number of hydrogen-bond donors (Lipinski definition) is 2. The highest BCUT2D eigenvalue weighted by atomic mass is 35.5. The fourth-order valence-corrected chi connectivity index (χ4v) is 3.29. The second-order valence-electron chi connectivity index (χ2n) is 6.64. The molecule has 0 aromatic heterocycles. The van der Waals surface area contributed by atoms with Crippen LogP contribution in [0.1, 0.15) is 32.3 Å². The van der Waals surface area contributed by atoms with E-state index in [1.165, 1.54) is 5.56 Å². The second kappa shape index (κ2) is 7.48. The van der Waals surface area contributed by atoms with Crippen molar-refractivity contribution in [2.75, 3.05) is 25.0 Å². The van der Waals surface area contributed by atoms with Crippen LogP contribution < -0.4 is 10.2 Å². The minimum atomic E-state index is -0.0955. The Morgan fingerprint density at radius 3 is 2.71 bits per heavy atom. The molecule has 0 bridgehead atoms. The predicted octanol–water partition coefficient (Wildman–Crippen LogP) is 3.29. The molecule has 2 rings (SSSR count). The highest BCUT2D eigenvalue weighted by molar-refractivity contribution is 6.33. The number of para-hydroxylation sites is 1. The number of nitrogens with zero attached hydrogens (tertiary/aromatic N) is 1. The first-order valence-electron chi connectivity index (χ1n) is 7.84. The number of rotatable bonds is 7. The van der Waals surface area contributed by atoms with Gasteiger partial charge in [-0.1, -0.05) is 37.6 Å². The van der Waals surface area contributed by atoms with E-state index in [4.69, 9.17) is 11.6 Å². The van der Waals surface area contributed by atoms with Crippen LogP contribution in [0.2, 0.25) is 5.02 Å². The van der Waals surface area contributed by atoms with Gasteiger partial charge >= 0.3 is 0 Å². The largest absolute Gasteiger partial charge is 0.393 e. The smallest absolute Gasteiger partial charge is 0.0642 e. The molecule has 118 valence electrons. The Hall–Kier alpha value is -0.770. The average molecular weight is 311 g/mol. The van der Waals surface area contributed by atoms with Gasteiger partial charge in [0.05, 0.1) is 16.8 Å². The van der Waals surface area contributed by atoms with E-state index in [0.29, 0.717) is 11.8 Å². The van der Waals surface area contributed by atoms with Crippen LogP contribution in [-0.2, 0) is 6.54 Å². The molecule has 3 nitrogen and oxygen atoms in total. The monoisotopic (exact) mass is 310 g/mol. The zero-order valence-electron chi connectivity index (χ0n) is 13.3. The molecule has 4 heteroatoms. The van der Waals surface area contributed by atoms with Gasteiger partial charge in [0.2, 0.25) is 0 Å². The van der Waals surface area contributed by atoms with Crippen molar-refractivity contribution < 1.29 is 5.11 Å². The SMILES string of the molecule is CC(C)CNCc1cccc(Cl)c1N(C)CC1CC(O)C1. The summed E-state index contributed by atoms with van der Waals surface area (Å²) in [6, 6.07) is 6.11. The minimum absolute atomic E-state index is 0.0955. The van der Waals surface area contributed by atoms with E-state index in [0.717, 1.165) is 43.2 Å². The van der Waals surface area contributed by atoms with Crippen LogP contribution in [0, 0.1) is 11.8 Å². The summed E-state index contributed by atoms with van der Waals surface area (Å²) in [6.45, 7) is 7.22. The molecule has 1 aromatic carbocycles. The average Bonchev–Trinajstić information content (AvgIpc) is 2.36. The number of aliphatic hydroxyl groups is 1. The first-order chi connectivity index (χ1) is 9.97. The van der Waals surface area contributed by atoms with E-state index < -0.39 is 0 Å². The van der Waals surface area contributed by atoms with Gasteiger partial charge in [0.15, 0.2) is 0 Å². The van der Waals surface area contributed by atoms with Crippen molar-refractivity contribution in [3.63, 3.8) is 0 Å². The quantitative estimate of drug-likeness (QED) is 0.811. The molecular formula is C17H27ClN2O. The Bertz CT molecular complexity index is 458. The van der Waals surface area contributed by atoms with Gasteiger partial charge in [0.1, 0.15) is 0 Å². The molecule has 0 radical (unpaired) electrons. The molecule has 21 heavy (non-hydrogen) atoms. The van der Waals surface area contributed by atoms with E-state index >= 15 is 0 Å². The highest BCUT2D eigenvalue weighted by Gasteiger charge is 2.28. The number of halogens is 1.